The maximum absolute atomic E-state index is 12.8. The van der Waals surface area contributed by atoms with Crippen molar-refractivity contribution in [3.05, 3.63) is 103 Å². The van der Waals surface area contributed by atoms with E-state index in [1.54, 1.807) is 36.4 Å². The highest BCUT2D eigenvalue weighted by Crippen LogP contribution is 2.34. The second-order valence-corrected chi connectivity index (χ2v) is 9.17. The van der Waals surface area contributed by atoms with Crippen LogP contribution in [0.15, 0.2) is 71.8 Å². The van der Waals surface area contributed by atoms with E-state index in [2.05, 4.69) is 15.8 Å². The van der Waals surface area contributed by atoms with Crippen LogP contribution in [-0.4, -0.2) is 33.9 Å². The summed E-state index contributed by atoms with van der Waals surface area (Å²) in [5.74, 6) is -0.818. The Labute approximate surface area is 227 Å². The molecule has 0 radical (unpaired) electrons. The fourth-order valence-corrected chi connectivity index (χ4v) is 3.55. The van der Waals surface area contributed by atoms with Crippen LogP contribution >= 0.6 is 11.6 Å². The number of nitrogens with zero attached hydrogens (tertiary/aromatic N) is 3. The first kappa shape index (κ1) is 28.7. The number of nitrogens with one attached hydrogen (secondary N) is 2. The first-order chi connectivity index (χ1) is 18.5. The number of carbonyl (C=O) groups excluding carboxylic acids is 2. The van der Waals surface area contributed by atoms with E-state index in [0.29, 0.717) is 22.6 Å². The molecule has 0 spiro atoms. The van der Waals surface area contributed by atoms with Crippen LogP contribution in [0.5, 0.6) is 11.5 Å². The van der Waals surface area contributed by atoms with Crippen LogP contribution in [0.2, 0.25) is 5.02 Å². The number of benzene rings is 3. The molecular formula is C26H24ClN5O7. The van der Waals surface area contributed by atoms with Gasteiger partial charge in [0.15, 0.2) is 0 Å². The number of hydrazone groups is 1. The summed E-state index contributed by atoms with van der Waals surface area (Å²) in [4.78, 5) is 46.1. The average Bonchev–Trinajstić information content (AvgIpc) is 2.88. The first-order valence-corrected chi connectivity index (χ1v) is 12.0. The molecule has 202 valence electrons. The largest absolute Gasteiger partial charge is 0.450 e. The predicted molar refractivity (Wildman–Crippen MR) is 144 cm³/mol. The summed E-state index contributed by atoms with van der Waals surface area (Å²) >= 11 is 5.87. The van der Waals surface area contributed by atoms with Crippen molar-refractivity contribution in [2.75, 3.05) is 0 Å². The van der Waals surface area contributed by atoms with Crippen molar-refractivity contribution in [1.82, 2.24) is 10.7 Å². The van der Waals surface area contributed by atoms with Crippen LogP contribution in [-0.2, 0) is 4.79 Å². The molecule has 2 N–H and O–H groups in total. The molecule has 39 heavy (non-hydrogen) atoms. The van der Waals surface area contributed by atoms with Crippen molar-refractivity contribution >= 4 is 41.0 Å². The second kappa shape index (κ2) is 13.1. The van der Waals surface area contributed by atoms with Crippen LogP contribution in [0, 0.1) is 26.1 Å². The summed E-state index contributed by atoms with van der Waals surface area (Å²) < 4.78 is 5.58. The lowest BCUT2D eigenvalue weighted by atomic mass is 10.0. The van der Waals surface area contributed by atoms with E-state index in [9.17, 15) is 29.8 Å². The minimum atomic E-state index is -0.845. The molecule has 0 aromatic heterocycles. The smallest absolute Gasteiger partial charge is 0.318 e. The maximum atomic E-state index is 12.8. The van der Waals surface area contributed by atoms with Gasteiger partial charge >= 0.3 is 5.69 Å². The number of amides is 2. The minimum absolute atomic E-state index is 0.104. The fourth-order valence-electron chi connectivity index (χ4n) is 3.43. The van der Waals surface area contributed by atoms with Crippen molar-refractivity contribution in [3.63, 3.8) is 0 Å². The Morgan fingerprint density at radius 2 is 1.74 bits per heavy atom. The Balaban J connectivity index is 1.69. The van der Waals surface area contributed by atoms with Gasteiger partial charge in [0, 0.05) is 16.7 Å². The van der Waals surface area contributed by atoms with E-state index in [1.807, 2.05) is 13.8 Å². The lowest BCUT2D eigenvalue weighted by molar-refractivity contribution is -0.394. The number of non-ortho nitro benzene ring substituents is 1. The Bertz CT molecular complexity index is 1410. The van der Waals surface area contributed by atoms with E-state index in [0.717, 1.165) is 18.2 Å². The van der Waals surface area contributed by atoms with Gasteiger partial charge < -0.3 is 10.1 Å². The molecular weight excluding hydrogens is 530 g/mol. The second-order valence-electron chi connectivity index (χ2n) is 8.74. The predicted octanol–water partition coefficient (Wildman–Crippen LogP) is 5.24. The van der Waals surface area contributed by atoms with E-state index < -0.39 is 39.1 Å². The molecule has 3 aromatic rings. The van der Waals surface area contributed by atoms with Gasteiger partial charge in [0.2, 0.25) is 5.75 Å². The highest BCUT2D eigenvalue weighted by atomic mass is 35.5. The lowest BCUT2D eigenvalue weighted by Crippen LogP contribution is -2.46. The summed E-state index contributed by atoms with van der Waals surface area (Å²) in [5, 5.41) is 29.4. The van der Waals surface area contributed by atoms with Gasteiger partial charge in [-0.25, -0.2) is 5.43 Å². The van der Waals surface area contributed by atoms with Crippen molar-refractivity contribution in [2.45, 2.75) is 26.3 Å². The summed E-state index contributed by atoms with van der Waals surface area (Å²) in [6.07, 6.45) is 1.71. The third-order valence-corrected chi connectivity index (χ3v) is 5.51. The summed E-state index contributed by atoms with van der Waals surface area (Å²) in [7, 11) is 0. The zero-order chi connectivity index (χ0) is 28.5. The Morgan fingerprint density at radius 3 is 2.38 bits per heavy atom. The standard InChI is InChI=1S/C26H24ClN5O7/c1-16(2)12-22(29-25(33)18-6-8-19(27)9-7-18)26(34)30-28-15-17-4-3-5-21(13-17)39-24-11-10-20(31(35)36)14-23(24)32(37)38/h3-11,13-16,22H,12H2,1-2H3,(H,29,33)(H,30,34). The lowest BCUT2D eigenvalue weighted by Gasteiger charge is -2.19. The van der Waals surface area contributed by atoms with Crippen LogP contribution < -0.4 is 15.5 Å². The number of nitro groups is 2. The SMILES string of the molecule is CC(C)CC(NC(=O)c1ccc(Cl)cc1)C(=O)NN=Cc1cccc(Oc2ccc([N+](=O)[O-])cc2[N+](=O)[O-])c1. The molecule has 1 unspecified atom stereocenters. The van der Waals surface area contributed by atoms with Gasteiger partial charge in [-0.05, 0) is 60.4 Å². The number of nitro benzene ring substituents is 2. The molecule has 3 rings (SSSR count). The average molecular weight is 554 g/mol. The maximum Gasteiger partial charge on any atom is 0.318 e. The number of halogens is 1. The Morgan fingerprint density at radius 1 is 1.03 bits per heavy atom. The zero-order valence-electron chi connectivity index (χ0n) is 20.9. The van der Waals surface area contributed by atoms with E-state index in [-0.39, 0.29) is 17.4 Å². The third-order valence-electron chi connectivity index (χ3n) is 5.26. The zero-order valence-corrected chi connectivity index (χ0v) is 21.6. The van der Waals surface area contributed by atoms with Crippen molar-refractivity contribution in [2.24, 2.45) is 11.0 Å². The summed E-state index contributed by atoms with van der Waals surface area (Å²) in [6.45, 7) is 3.83. The minimum Gasteiger partial charge on any atom is -0.450 e. The number of rotatable bonds is 11. The van der Waals surface area contributed by atoms with Gasteiger partial charge in [-0.1, -0.05) is 37.6 Å². The van der Waals surface area contributed by atoms with Crippen LogP contribution in [0.1, 0.15) is 36.2 Å². The van der Waals surface area contributed by atoms with Crippen LogP contribution in [0.3, 0.4) is 0 Å². The molecule has 3 aromatic carbocycles. The van der Waals surface area contributed by atoms with Gasteiger partial charge in [0.05, 0.1) is 22.1 Å². The van der Waals surface area contributed by atoms with Gasteiger partial charge in [0.1, 0.15) is 11.8 Å². The molecule has 0 aliphatic heterocycles. The molecule has 12 nitrogen and oxygen atoms in total. The number of ether oxygens (including phenoxy) is 1. The molecule has 2 amide bonds. The van der Waals surface area contributed by atoms with Crippen molar-refractivity contribution < 1.29 is 24.2 Å². The normalized spacial score (nSPS) is 11.7. The molecule has 0 aliphatic carbocycles. The van der Waals surface area contributed by atoms with Crippen LogP contribution in [0.4, 0.5) is 11.4 Å². The van der Waals surface area contributed by atoms with Gasteiger partial charge in [-0.15, -0.1) is 0 Å². The van der Waals surface area contributed by atoms with Gasteiger partial charge in [0.25, 0.3) is 17.5 Å². The molecule has 0 heterocycles. The van der Waals surface area contributed by atoms with Crippen LogP contribution in [0.25, 0.3) is 0 Å². The molecule has 0 saturated heterocycles. The fraction of sp³-hybridized carbons (Fsp3) is 0.192. The van der Waals surface area contributed by atoms with E-state index in [4.69, 9.17) is 16.3 Å². The van der Waals surface area contributed by atoms with Gasteiger partial charge in [-0.3, -0.25) is 29.8 Å². The molecule has 13 heteroatoms. The Hall–Kier alpha value is -4.84. The number of hydrogen-bond acceptors (Lipinski definition) is 8. The molecule has 0 fully saturated rings. The van der Waals surface area contributed by atoms with E-state index in [1.165, 1.54) is 18.3 Å². The summed E-state index contributed by atoms with van der Waals surface area (Å²) in [5.41, 5.74) is 2.26. The number of hydrogen-bond donors (Lipinski definition) is 2. The molecule has 0 aliphatic rings. The molecule has 0 saturated carbocycles. The quantitative estimate of drug-likeness (QED) is 0.186. The highest BCUT2D eigenvalue weighted by molar-refractivity contribution is 6.30. The van der Waals surface area contributed by atoms with Crippen molar-refractivity contribution in [1.29, 1.82) is 0 Å². The highest BCUT2D eigenvalue weighted by Gasteiger charge is 2.23. The van der Waals surface area contributed by atoms with E-state index >= 15 is 0 Å². The Kier molecular flexibility index (Phi) is 9.65. The van der Waals surface area contributed by atoms with Gasteiger partial charge in [-0.2, -0.15) is 5.10 Å². The summed E-state index contributed by atoms with van der Waals surface area (Å²) in [6, 6.07) is 14.8. The molecule has 0 bridgehead atoms. The van der Waals surface area contributed by atoms with Crippen molar-refractivity contribution in [3.8, 4) is 11.5 Å². The molecule has 1 atom stereocenters. The third kappa shape index (κ3) is 8.33. The first-order valence-electron chi connectivity index (χ1n) is 11.6. The topological polar surface area (TPSA) is 166 Å². The monoisotopic (exact) mass is 553 g/mol. The number of carbonyl (C=O) groups is 2.